The van der Waals surface area contributed by atoms with Gasteiger partial charge in [0.05, 0.1) is 0 Å². The van der Waals surface area contributed by atoms with Crippen molar-refractivity contribution in [2.45, 2.75) is 85.0 Å². The Morgan fingerprint density at radius 2 is 1.71 bits per heavy atom. The van der Waals surface area contributed by atoms with Gasteiger partial charge in [-0.15, -0.1) is 0 Å². The van der Waals surface area contributed by atoms with E-state index >= 15 is 0 Å². The zero-order valence-electron chi connectivity index (χ0n) is 23.8. The molecule has 6 atom stereocenters. The van der Waals surface area contributed by atoms with Crippen molar-refractivity contribution >= 4 is 21.6 Å². The average Bonchev–Trinajstić information content (AvgIpc) is 2.88. The van der Waals surface area contributed by atoms with Gasteiger partial charge in [0.25, 0.3) is 0 Å². The molecule has 2 aromatic carbocycles. The Bertz CT molecular complexity index is 1090. The third kappa shape index (κ3) is 7.25. The molecule has 3 heteroatoms. The molecule has 3 aliphatic rings. The maximum Gasteiger partial charge on any atom is 0.116 e. The van der Waals surface area contributed by atoms with Gasteiger partial charge in [0, 0.05) is 11.5 Å². The van der Waals surface area contributed by atoms with E-state index in [1.807, 2.05) is 12.1 Å². The Labute approximate surface area is 240 Å². The number of aromatic hydroxyl groups is 1. The first-order valence-corrected chi connectivity index (χ1v) is 17.7. The second-order valence-electron chi connectivity index (χ2n) is 13.1. The summed E-state index contributed by atoms with van der Waals surface area (Å²) in [5.41, 5.74) is 5.84. The van der Waals surface area contributed by atoms with Gasteiger partial charge in [-0.2, -0.15) is 0 Å². The zero-order chi connectivity index (χ0) is 26.5. The van der Waals surface area contributed by atoms with Gasteiger partial charge in [-0.1, -0.05) is 91.3 Å². The molecule has 4 bridgehead atoms. The zero-order valence-corrected chi connectivity index (χ0v) is 25.5. The van der Waals surface area contributed by atoms with Gasteiger partial charge in [-0.3, -0.25) is 0 Å². The highest BCUT2D eigenvalue weighted by Gasteiger charge is 2.40. The summed E-state index contributed by atoms with van der Waals surface area (Å²) in [5, 5.41) is 10.7. The van der Waals surface area contributed by atoms with Crippen molar-refractivity contribution in [2.24, 2.45) is 35.0 Å². The summed E-state index contributed by atoms with van der Waals surface area (Å²) in [5.74, 6) is 6.85. The summed E-state index contributed by atoms with van der Waals surface area (Å²) in [6.07, 6.45) is 17.4. The van der Waals surface area contributed by atoms with Crippen molar-refractivity contribution in [3.63, 3.8) is 0 Å². The van der Waals surface area contributed by atoms with E-state index in [4.69, 9.17) is 0 Å². The molecule has 1 N–H and O–H groups in total. The van der Waals surface area contributed by atoms with Crippen LogP contribution in [0.1, 0.15) is 88.0 Å². The number of phenols is 1. The third-order valence-electron chi connectivity index (χ3n) is 9.83. The Hall–Kier alpha value is -1.32. The van der Waals surface area contributed by atoms with E-state index in [1.165, 1.54) is 78.7 Å². The minimum atomic E-state index is 0.339. The highest BCUT2D eigenvalue weighted by molar-refractivity contribution is 8.76. The second kappa shape index (κ2) is 12.9. The van der Waals surface area contributed by atoms with Crippen LogP contribution >= 0.6 is 21.6 Å². The van der Waals surface area contributed by atoms with Crippen LogP contribution in [0.15, 0.2) is 54.6 Å². The van der Waals surface area contributed by atoms with Gasteiger partial charge in [-0.25, -0.2) is 0 Å². The van der Waals surface area contributed by atoms with E-state index in [0.717, 1.165) is 42.9 Å². The number of hydrogen-bond acceptors (Lipinski definition) is 3. The van der Waals surface area contributed by atoms with E-state index in [2.05, 4.69) is 84.8 Å². The van der Waals surface area contributed by atoms with Crippen LogP contribution in [0.25, 0.3) is 0 Å². The number of rotatable bonds is 2. The predicted octanol–water partition coefficient (Wildman–Crippen LogP) is 9.90. The highest BCUT2D eigenvalue weighted by Crippen LogP contribution is 2.50. The van der Waals surface area contributed by atoms with Crippen molar-refractivity contribution < 1.29 is 5.11 Å². The monoisotopic (exact) mass is 548 g/mol. The Balaban J connectivity index is 1.43. The minimum Gasteiger partial charge on any atom is -0.508 e. The molecule has 0 unspecified atom stereocenters. The van der Waals surface area contributed by atoms with Crippen molar-refractivity contribution in [2.75, 3.05) is 11.5 Å². The van der Waals surface area contributed by atoms with E-state index in [9.17, 15) is 5.11 Å². The first-order valence-electron chi connectivity index (χ1n) is 15.2. The molecule has 0 radical (unpaired) electrons. The number of benzene rings is 2. The van der Waals surface area contributed by atoms with Crippen molar-refractivity contribution in [3.05, 3.63) is 76.9 Å². The van der Waals surface area contributed by atoms with Gasteiger partial charge in [-0.05, 0) is 127 Å². The van der Waals surface area contributed by atoms with E-state index < -0.39 is 0 Å². The minimum absolute atomic E-state index is 0.339. The molecule has 2 aliphatic carbocycles. The van der Waals surface area contributed by atoms with Gasteiger partial charge in [0.2, 0.25) is 0 Å². The third-order valence-corrected chi connectivity index (χ3v) is 12.5. The molecule has 0 amide bonds. The maximum absolute atomic E-state index is 10.7. The molecule has 5 rings (SSSR count). The molecule has 1 heterocycles. The molecule has 2 aromatic rings. The molecule has 206 valence electrons. The van der Waals surface area contributed by atoms with E-state index in [0.29, 0.717) is 17.1 Å². The van der Waals surface area contributed by atoms with Crippen molar-refractivity contribution in [3.8, 4) is 5.75 Å². The quantitative estimate of drug-likeness (QED) is 0.298. The Morgan fingerprint density at radius 3 is 2.53 bits per heavy atom. The number of hydrogen-bond donors (Lipinski definition) is 1. The van der Waals surface area contributed by atoms with E-state index in [1.54, 1.807) is 0 Å². The molecule has 0 aromatic heterocycles. The maximum atomic E-state index is 10.7. The lowest BCUT2D eigenvalue weighted by atomic mass is 9.60. The van der Waals surface area contributed by atoms with Gasteiger partial charge < -0.3 is 5.11 Å². The van der Waals surface area contributed by atoms with E-state index in [-0.39, 0.29) is 0 Å². The molecule has 1 nitrogen and oxygen atoms in total. The average molecular weight is 549 g/mol. The molecular weight excluding hydrogens is 501 g/mol. The lowest BCUT2D eigenvalue weighted by Crippen LogP contribution is -2.37. The van der Waals surface area contributed by atoms with Crippen molar-refractivity contribution in [1.29, 1.82) is 0 Å². The van der Waals surface area contributed by atoms with Crippen LogP contribution in [0.3, 0.4) is 0 Å². The molecule has 1 aliphatic heterocycles. The summed E-state index contributed by atoms with van der Waals surface area (Å²) in [6.45, 7) is 7.36. The van der Waals surface area contributed by atoms with Crippen LogP contribution in [0.2, 0.25) is 0 Å². The summed E-state index contributed by atoms with van der Waals surface area (Å²) in [6, 6.07) is 15.4. The van der Waals surface area contributed by atoms with Crippen LogP contribution < -0.4 is 0 Å². The lowest BCUT2D eigenvalue weighted by Gasteiger charge is -2.46. The van der Waals surface area contributed by atoms with Crippen LogP contribution in [0, 0.1) is 35.0 Å². The van der Waals surface area contributed by atoms with Crippen LogP contribution in [-0.2, 0) is 19.3 Å². The van der Waals surface area contributed by atoms with Crippen LogP contribution in [0.4, 0.5) is 0 Å². The fourth-order valence-electron chi connectivity index (χ4n) is 7.72. The molecule has 1 saturated carbocycles. The largest absolute Gasteiger partial charge is 0.508 e. The topological polar surface area (TPSA) is 20.2 Å². The first kappa shape index (κ1) is 28.2. The van der Waals surface area contributed by atoms with Gasteiger partial charge in [0.1, 0.15) is 5.75 Å². The molecular formula is C35H48OS2. The van der Waals surface area contributed by atoms with Gasteiger partial charge in [0.15, 0.2) is 0 Å². The molecule has 1 fully saturated rings. The molecule has 38 heavy (non-hydrogen) atoms. The fourth-order valence-corrected chi connectivity index (χ4v) is 10.7. The number of fused-ring (bicyclic) bond motifs is 5. The smallest absolute Gasteiger partial charge is 0.116 e. The molecule has 0 spiro atoms. The predicted molar refractivity (Wildman–Crippen MR) is 168 cm³/mol. The summed E-state index contributed by atoms with van der Waals surface area (Å²) in [4.78, 5) is 0. The molecule has 0 saturated heterocycles. The number of allylic oxidation sites excluding steroid dienone is 2. The Kier molecular flexibility index (Phi) is 9.58. The van der Waals surface area contributed by atoms with Crippen LogP contribution in [-0.4, -0.2) is 16.6 Å². The Morgan fingerprint density at radius 1 is 0.947 bits per heavy atom. The highest BCUT2D eigenvalue weighted by atomic mass is 33.1. The number of aryl methyl sites for hydroxylation is 1. The lowest BCUT2D eigenvalue weighted by molar-refractivity contribution is 0.0932. The summed E-state index contributed by atoms with van der Waals surface area (Å²) in [7, 11) is 4.30. The van der Waals surface area contributed by atoms with Crippen LogP contribution in [0.5, 0.6) is 5.75 Å². The SMILES string of the molecule is CC[C@@H]1CCc2ccccc2Cc2cc(O)cc(c2)C[C@H]2C[C@H](CSSC1)C[C@H]([C@]1(C)C=CC[C@H](C)C1)C2. The first-order chi connectivity index (χ1) is 18.4. The second-order valence-corrected chi connectivity index (χ2v) is 15.7. The van der Waals surface area contributed by atoms with Crippen molar-refractivity contribution in [1.82, 2.24) is 0 Å². The van der Waals surface area contributed by atoms with Gasteiger partial charge >= 0.3 is 0 Å². The standard InChI is InChI=1S/C35H48OS2/c1-4-26-11-12-31-9-5-6-10-32(31)17-29-15-28(20-34(36)21-29)14-27-16-30(24-38-37-23-26)19-33(18-27)35(3)13-7-8-25(2)22-35/h5-7,9-10,13,15,20-21,25-27,30,33,36H,4,8,11-12,14,16-19,22-24H2,1-3H3/t25-,26+,27-,30-,33+,35+/m0/s1. The normalized spacial score (nSPS) is 32.8. The summed E-state index contributed by atoms with van der Waals surface area (Å²) < 4.78 is 0. The number of phenolic OH excluding ortho intramolecular Hbond substituents is 1. The summed E-state index contributed by atoms with van der Waals surface area (Å²) >= 11 is 0. The fraction of sp³-hybridized carbons (Fsp3) is 0.600.